The van der Waals surface area contributed by atoms with Gasteiger partial charge in [-0.1, -0.05) is 18.2 Å². The quantitative estimate of drug-likeness (QED) is 0.501. The molecule has 7 nitrogen and oxygen atoms in total. The molecule has 0 saturated carbocycles. The Bertz CT molecular complexity index is 639. The summed E-state index contributed by atoms with van der Waals surface area (Å²) in [6, 6.07) is 6.48. The van der Waals surface area contributed by atoms with Crippen molar-refractivity contribution in [2.45, 2.75) is 6.92 Å². The van der Waals surface area contributed by atoms with E-state index in [0.29, 0.717) is 17.9 Å². The number of para-hydroxylation sites is 1. The Kier molecular flexibility index (Phi) is 4.77. The lowest BCUT2D eigenvalue weighted by Crippen LogP contribution is -2.36. The molecule has 1 saturated heterocycles. The lowest BCUT2D eigenvalue weighted by Gasteiger charge is -2.09. The molecule has 0 unspecified atom stereocenters. The van der Waals surface area contributed by atoms with Crippen molar-refractivity contribution in [1.29, 1.82) is 0 Å². The van der Waals surface area contributed by atoms with Gasteiger partial charge < -0.3 is 14.8 Å². The van der Waals surface area contributed by atoms with E-state index >= 15 is 0 Å². The Hall–Kier alpha value is -2.83. The summed E-state index contributed by atoms with van der Waals surface area (Å²) >= 11 is 0. The molecule has 22 heavy (non-hydrogen) atoms. The second kappa shape index (κ2) is 6.75. The number of carbonyl (C=O) groups is 3. The van der Waals surface area contributed by atoms with Crippen LogP contribution in [0.15, 0.2) is 30.0 Å². The van der Waals surface area contributed by atoms with E-state index in [-0.39, 0.29) is 5.70 Å². The summed E-state index contributed by atoms with van der Waals surface area (Å²) in [7, 11) is 1.19. The van der Waals surface area contributed by atoms with E-state index in [1.165, 1.54) is 13.2 Å². The molecule has 1 aliphatic rings. The molecule has 0 aliphatic carbocycles. The fourth-order valence-corrected chi connectivity index (χ4v) is 1.95. The molecule has 0 aromatic heterocycles. The molecule has 1 aromatic rings. The van der Waals surface area contributed by atoms with Gasteiger partial charge in [0.1, 0.15) is 18.0 Å². The summed E-state index contributed by atoms with van der Waals surface area (Å²) in [5.74, 6) is -0.646. The van der Waals surface area contributed by atoms with E-state index in [2.05, 4.69) is 10.1 Å². The van der Waals surface area contributed by atoms with Crippen LogP contribution >= 0.6 is 0 Å². The monoisotopic (exact) mass is 304 g/mol. The minimum atomic E-state index is -0.667. The van der Waals surface area contributed by atoms with Gasteiger partial charge in [0.25, 0.3) is 5.91 Å². The highest BCUT2D eigenvalue weighted by molar-refractivity contribution is 6.15. The Morgan fingerprint density at radius 1 is 1.32 bits per heavy atom. The Morgan fingerprint density at radius 2 is 2.05 bits per heavy atom. The van der Waals surface area contributed by atoms with Crippen molar-refractivity contribution in [3.63, 3.8) is 0 Å². The maximum absolute atomic E-state index is 12.2. The van der Waals surface area contributed by atoms with Gasteiger partial charge in [-0.3, -0.25) is 9.59 Å². The highest BCUT2D eigenvalue weighted by Crippen LogP contribution is 2.22. The van der Waals surface area contributed by atoms with E-state index in [1.54, 1.807) is 18.2 Å². The molecule has 116 valence electrons. The van der Waals surface area contributed by atoms with Crippen LogP contribution < -0.4 is 10.1 Å². The Morgan fingerprint density at radius 3 is 2.73 bits per heavy atom. The zero-order valence-electron chi connectivity index (χ0n) is 12.3. The first kappa shape index (κ1) is 15.6. The van der Waals surface area contributed by atoms with Crippen molar-refractivity contribution in [2.75, 3.05) is 20.3 Å². The first-order valence-corrected chi connectivity index (χ1v) is 6.70. The number of nitrogens with zero attached hydrogens (tertiary/aromatic N) is 1. The fraction of sp³-hybridized carbons (Fsp3) is 0.267. The third kappa shape index (κ3) is 3.25. The van der Waals surface area contributed by atoms with Crippen LogP contribution in [0.4, 0.5) is 4.79 Å². The van der Waals surface area contributed by atoms with Gasteiger partial charge in [0.05, 0.1) is 13.7 Å². The van der Waals surface area contributed by atoms with Gasteiger partial charge in [0, 0.05) is 5.56 Å². The summed E-state index contributed by atoms with van der Waals surface area (Å²) < 4.78 is 9.92. The molecule has 3 amide bonds. The average Bonchev–Trinajstić information content (AvgIpc) is 2.77. The molecule has 1 N–H and O–H groups in total. The van der Waals surface area contributed by atoms with Crippen LogP contribution in [0.2, 0.25) is 0 Å². The summed E-state index contributed by atoms with van der Waals surface area (Å²) in [6.45, 7) is 1.91. The standard InChI is InChI=1S/C15H16N2O5/c1-3-22-12-7-5-4-6-10(12)8-11-14(19)17(15(20)16-11)9-13(18)21-2/h4-8H,3,9H2,1-2H3,(H,16,20). The van der Waals surface area contributed by atoms with E-state index in [4.69, 9.17) is 4.74 Å². The minimum Gasteiger partial charge on any atom is -0.493 e. The first-order chi connectivity index (χ1) is 10.6. The minimum absolute atomic E-state index is 0.0843. The van der Waals surface area contributed by atoms with E-state index in [9.17, 15) is 14.4 Å². The second-order valence-electron chi connectivity index (χ2n) is 4.43. The number of amides is 3. The van der Waals surface area contributed by atoms with Gasteiger partial charge in [-0.15, -0.1) is 0 Å². The molecule has 1 fully saturated rings. The van der Waals surface area contributed by atoms with Crippen molar-refractivity contribution in [3.05, 3.63) is 35.5 Å². The lowest BCUT2D eigenvalue weighted by molar-refractivity contribution is -0.143. The normalized spacial score (nSPS) is 15.9. The van der Waals surface area contributed by atoms with E-state index in [0.717, 1.165) is 4.90 Å². The zero-order chi connectivity index (χ0) is 16.1. The van der Waals surface area contributed by atoms with Crippen molar-refractivity contribution >= 4 is 24.0 Å². The highest BCUT2D eigenvalue weighted by Gasteiger charge is 2.35. The predicted molar refractivity (Wildman–Crippen MR) is 77.8 cm³/mol. The third-order valence-corrected chi connectivity index (χ3v) is 3.00. The molecule has 2 rings (SSSR count). The maximum atomic E-state index is 12.2. The number of urea groups is 1. The van der Waals surface area contributed by atoms with Crippen molar-refractivity contribution in [1.82, 2.24) is 10.2 Å². The van der Waals surface area contributed by atoms with Crippen LogP contribution in [0.3, 0.4) is 0 Å². The molecule has 1 heterocycles. The van der Waals surface area contributed by atoms with Crippen LogP contribution in [0.5, 0.6) is 5.75 Å². The number of carbonyl (C=O) groups excluding carboxylic acids is 3. The number of esters is 1. The predicted octanol–water partition coefficient (Wildman–Crippen LogP) is 1.15. The summed E-state index contributed by atoms with van der Waals surface area (Å²) in [5, 5.41) is 2.44. The third-order valence-electron chi connectivity index (χ3n) is 3.00. The maximum Gasteiger partial charge on any atom is 0.329 e. The SMILES string of the molecule is CCOc1ccccc1C=C1NC(=O)N(CC(=O)OC)C1=O. The van der Waals surface area contributed by atoms with E-state index in [1.807, 2.05) is 13.0 Å². The van der Waals surface area contributed by atoms with Gasteiger partial charge in [-0.05, 0) is 19.1 Å². The van der Waals surface area contributed by atoms with Crippen LogP contribution in [-0.2, 0) is 14.3 Å². The van der Waals surface area contributed by atoms with E-state index < -0.39 is 24.5 Å². The molecule has 1 aliphatic heterocycles. The molecule has 0 radical (unpaired) electrons. The molecular formula is C15H16N2O5. The molecule has 0 atom stereocenters. The summed E-state index contributed by atoms with van der Waals surface area (Å²) in [5.41, 5.74) is 0.744. The van der Waals surface area contributed by atoms with Crippen LogP contribution in [0.1, 0.15) is 12.5 Å². The number of ether oxygens (including phenoxy) is 2. The Labute approximate surface area is 127 Å². The largest absolute Gasteiger partial charge is 0.493 e. The van der Waals surface area contributed by atoms with Gasteiger partial charge in [0.15, 0.2) is 0 Å². The molecule has 7 heteroatoms. The molecule has 0 spiro atoms. The molecule has 0 bridgehead atoms. The van der Waals surface area contributed by atoms with Gasteiger partial charge >= 0.3 is 12.0 Å². The summed E-state index contributed by atoms with van der Waals surface area (Å²) in [6.07, 6.45) is 1.52. The van der Waals surface area contributed by atoms with Gasteiger partial charge in [-0.2, -0.15) is 0 Å². The van der Waals surface area contributed by atoms with Gasteiger partial charge in [-0.25, -0.2) is 9.69 Å². The van der Waals surface area contributed by atoms with Crippen molar-refractivity contribution < 1.29 is 23.9 Å². The zero-order valence-corrected chi connectivity index (χ0v) is 12.3. The molecule has 1 aromatic carbocycles. The van der Waals surface area contributed by atoms with Crippen LogP contribution in [0.25, 0.3) is 6.08 Å². The average molecular weight is 304 g/mol. The fourth-order valence-electron chi connectivity index (χ4n) is 1.95. The summed E-state index contributed by atoms with van der Waals surface area (Å²) in [4.78, 5) is 35.9. The first-order valence-electron chi connectivity index (χ1n) is 6.70. The van der Waals surface area contributed by atoms with Crippen molar-refractivity contribution in [3.8, 4) is 5.75 Å². The number of hydrogen-bond acceptors (Lipinski definition) is 5. The Balaban J connectivity index is 2.25. The topological polar surface area (TPSA) is 84.9 Å². The number of imide groups is 1. The number of benzene rings is 1. The van der Waals surface area contributed by atoms with Gasteiger partial charge in [0.2, 0.25) is 0 Å². The van der Waals surface area contributed by atoms with Crippen LogP contribution in [-0.4, -0.2) is 43.1 Å². The smallest absolute Gasteiger partial charge is 0.329 e. The number of nitrogens with one attached hydrogen (secondary N) is 1. The lowest BCUT2D eigenvalue weighted by atomic mass is 10.1. The highest BCUT2D eigenvalue weighted by atomic mass is 16.5. The van der Waals surface area contributed by atoms with Crippen LogP contribution in [0, 0.1) is 0 Å². The number of methoxy groups -OCH3 is 1. The second-order valence-corrected chi connectivity index (χ2v) is 4.43. The molecular weight excluding hydrogens is 288 g/mol. The van der Waals surface area contributed by atoms with Crippen molar-refractivity contribution in [2.24, 2.45) is 0 Å². The number of hydrogen-bond donors (Lipinski definition) is 1. The number of rotatable bonds is 5.